The molecule has 1 amide bonds. The van der Waals surface area contributed by atoms with E-state index in [1.165, 1.54) is 40.0 Å². The van der Waals surface area contributed by atoms with Crippen LogP contribution in [0, 0.1) is 6.92 Å². The van der Waals surface area contributed by atoms with Crippen molar-refractivity contribution in [2.24, 2.45) is 0 Å². The van der Waals surface area contributed by atoms with E-state index in [2.05, 4.69) is 20.5 Å². The molecule has 1 aromatic carbocycles. The summed E-state index contributed by atoms with van der Waals surface area (Å²) >= 11 is 3.88. The third kappa shape index (κ3) is 7.08. The molecule has 0 saturated carbocycles. The van der Waals surface area contributed by atoms with Crippen molar-refractivity contribution in [2.45, 2.75) is 31.2 Å². The number of esters is 1. The molecule has 3 aromatic rings. The Kier molecular flexibility index (Phi) is 8.17. The zero-order chi connectivity index (χ0) is 21.3. The van der Waals surface area contributed by atoms with E-state index >= 15 is 0 Å². The van der Waals surface area contributed by atoms with Crippen molar-refractivity contribution in [2.75, 3.05) is 17.7 Å². The SMILES string of the molecule is CCOC(=O)CSc1nnc(NC(=O)Cc2csc(COc3ccc(C)cc3)n2)s1. The normalized spacial score (nSPS) is 10.6. The van der Waals surface area contributed by atoms with Gasteiger partial charge in [-0.05, 0) is 26.0 Å². The summed E-state index contributed by atoms with van der Waals surface area (Å²) in [4.78, 5) is 28.1. The summed E-state index contributed by atoms with van der Waals surface area (Å²) in [7, 11) is 0. The van der Waals surface area contributed by atoms with Crippen LogP contribution in [0.15, 0.2) is 34.0 Å². The molecule has 0 spiro atoms. The predicted octanol–water partition coefficient (Wildman–Crippen LogP) is 3.72. The van der Waals surface area contributed by atoms with Crippen LogP contribution in [-0.2, 0) is 27.4 Å². The molecule has 0 unspecified atom stereocenters. The van der Waals surface area contributed by atoms with Gasteiger partial charge in [-0.15, -0.1) is 21.5 Å². The number of anilines is 1. The number of nitrogens with one attached hydrogen (secondary N) is 1. The van der Waals surface area contributed by atoms with Crippen molar-refractivity contribution in [3.63, 3.8) is 0 Å². The number of ether oxygens (including phenoxy) is 2. The number of aromatic nitrogens is 3. The van der Waals surface area contributed by atoms with Gasteiger partial charge in [-0.2, -0.15) is 0 Å². The smallest absolute Gasteiger partial charge is 0.316 e. The number of hydrogen-bond donors (Lipinski definition) is 1. The lowest BCUT2D eigenvalue weighted by atomic mass is 10.2. The highest BCUT2D eigenvalue weighted by molar-refractivity contribution is 8.01. The predicted molar refractivity (Wildman–Crippen MR) is 117 cm³/mol. The van der Waals surface area contributed by atoms with Gasteiger partial charge in [0.25, 0.3) is 0 Å². The zero-order valence-corrected chi connectivity index (χ0v) is 18.9. The first kappa shape index (κ1) is 22.2. The number of aryl methyl sites for hydroxylation is 1. The van der Waals surface area contributed by atoms with Crippen LogP contribution in [0.4, 0.5) is 5.13 Å². The van der Waals surface area contributed by atoms with E-state index in [1.807, 2.05) is 36.6 Å². The maximum Gasteiger partial charge on any atom is 0.316 e. The Bertz CT molecular complexity index is 988. The molecule has 0 aliphatic carbocycles. The van der Waals surface area contributed by atoms with Crippen molar-refractivity contribution in [1.29, 1.82) is 0 Å². The van der Waals surface area contributed by atoms with Gasteiger partial charge in [-0.25, -0.2) is 4.98 Å². The second-order valence-corrected chi connectivity index (χ2v) is 9.17. The zero-order valence-electron chi connectivity index (χ0n) is 16.4. The van der Waals surface area contributed by atoms with Crippen molar-refractivity contribution in [3.8, 4) is 5.75 Å². The van der Waals surface area contributed by atoms with Gasteiger partial charge in [0.2, 0.25) is 11.0 Å². The summed E-state index contributed by atoms with van der Waals surface area (Å²) in [5.74, 6) is 0.393. The standard InChI is InChI=1S/C19H20N4O4S3/c1-3-26-17(25)11-29-19-23-22-18(30-19)21-15(24)8-13-10-28-16(20-13)9-27-14-6-4-12(2)5-7-14/h4-7,10H,3,8-9,11H2,1-2H3,(H,21,22,24). The summed E-state index contributed by atoms with van der Waals surface area (Å²) in [6, 6.07) is 7.81. The minimum absolute atomic E-state index is 0.131. The highest BCUT2D eigenvalue weighted by atomic mass is 32.2. The molecule has 0 saturated heterocycles. The van der Waals surface area contributed by atoms with Crippen LogP contribution in [0.2, 0.25) is 0 Å². The maximum atomic E-state index is 12.2. The van der Waals surface area contributed by atoms with Crippen LogP contribution in [0.5, 0.6) is 5.75 Å². The molecule has 158 valence electrons. The molecule has 2 aromatic heterocycles. The molecule has 3 rings (SSSR count). The number of carbonyl (C=O) groups excluding carboxylic acids is 2. The second kappa shape index (κ2) is 11.0. The summed E-state index contributed by atoms with van der Waals surface area (Å²) in [6.45, 7) is 4.47. The molecule has 11 heteroatoms. The number of thiazole rings is 1. The maximum absolute atomic E-state index is 12.2. The fourth-order valence-corrected chi connectivity index (χ4v) is 4.52. The Hall–Kier alpha value is -2.50. The van der Waals surface area contributed by atoms with Gasteiger partial charge in [-0.1, -0.05) is 40.8 Å². The molecule has 30 heavy (non-hydrogen) atoms. The lowest BCUT2D eigenvalue weighted by Gasteiger charge is -2.03. The van der Waals surface area contributed by atoms with Crippen LogP contribution in [0.3, 0.4) is 0 Å². The number of carbonyl (C=O) groups is 2. The minimum atomic E-state index is -0.311. The van der Waals surface area contributed by atoms with Crippen LogP contribution in [0.25, 0.3) is 0 Å². The molecule has 0 aliphatic rings. The molecule has 0 fully saturated rings. The number of benzene rings is 1. The highest BCUT2D eigenvalue weighted by Crippen LogP contribution is 2.25. The first-order valence-corrected chi connectivity index (χ1v) is 11.7. The Balaban J connectivity index is 1.44. The number of nitrogens with zero attached hydrogens (tertiary/aromatic N) is 3. The number of hydrogen-bond acceptors (Lipinski definition) is 10. The van der Waals surface area contributed by atoms with Gasteiger partial charge < -0.3 is 14.8 Å². The molecule has 0 bridgehead atoms. The van der Waals surface area contributed by atoms with Gasteiger partial charge in [0.05, 0.1) is 24.5 Å². The number of thioether (sulfide) groups is 1. The lowest BCUT2D eigenvalue weighted by molar-refractivity contribution is -0.139. The number of rotatable bonds is 10. The third-order valence-corrected chi connectivity index (χ3v) is 6.41. The quantitative estimate of drug-likeness (QED) is 0.275. The first-order chi connectivity index (χ1) is 14.5. The monoisotopic (exact) mass is 464 g/mol. The Labute approximate surface area is 186 Å². The summed E-state index contributed by atoms with van der Waals surface area (Å²) in [6.07, 6.45) is 0.131. The fraction of sp³-hybridized carbons (Fsp3) is 0.316. The van der Waals surface area contributed by atoms with Gasteiger partial charge in [0.1, 0.15) is 17.4 Å². The third-order valence-electron chi connectivity index (χ3n) is 3.60. The average Bonchev–Trinajstić information content (AvgIpc) is 3.35. The Morgan fingerprint density at radius 1 is 1.20 bits per heavy atom. The fourth-order valence-electron chi connectivity index (χ4n) is 2.25. The lowest BCUT2D eigenvalue weighted by Crippen LogP contribution is -2.14. The molecule has 2 heterocycles. The van der Waals surface area contributed by atoms with Crippen molar-refractivity contribution in [1.82, 2.24) is 15.2 Å². The van der Waals surface area contributed by atoms with E-state index in [4.69, 9.17) is 9.47 Å². The van der Waals surface area contributed by atoms with Crippen LogP contribution in [0.1, 0.15) is 23.2 Å². The summed E-state index contributed by atoms with van der Waals surface area (Å²) in [5.41, 5.74) is 1.84. The highest BCUT2D eigenvalue weighted by Gasteiger charge is 2.13. The summed E-state index contributed by atoms with van der Waals surface area (Å²) in [5, 5.41) is 13.6. The van der Waals surface area contributed by atoms with Crippen molar-refractivity contribution in [3.05, 3.63) is 45.9 Å². The first-order valence-electron chi connectivity index (χ1n) is 9.06. The van der Waals surface area contributed by atoms with E-state index in [-0.39, 0.29) is 24.1 Å². The average molecular weight is 465 g/mol. The summed E-state index contributed by atoms with van der Waals surface area (Å²) < 4.78 is 11.2. The molecular weight excluding hydrogens is 444 g/mol. The van der Waals surface area contributed by atoms with E-state index < -0.39 is 0 Å². The van der Waals surface area contributed by atoms with Crippen molar-refractivity contribution < 1.29 is 19.1 Å². The van der Waals surface area contributed by atoms with Gasteiger partial charge in [-0.3, -0.25) is 9.59 Å². The van der Waals surface area contributed by atoms with E-state index in [0.717, 1.165) is 10.8 Å². The van der Waals surface area contributed by atoms with Gasteiger partial charge >= 0.3 is 5.97 Å². The van der Waals surface area contributed by atoms with E-state index in [9.17, 15) is 9.59 Å². The van der Waals surface area contributed by atoms with E-state index in [1.54, 1.807) is 6.92 Å². The molecular formula is C19H20N4O4S3. The number of amides is 1. The van der Waals surface area contributed by atoms with Crippen LogP contribution < -0.4 is 10.1 Å². The molecule has 0 radical (unpaired) electrons. The molecule has 1 N–H and O–H groups in total. The molecule has 8 nitrogen and oxygen atoms in total. The van der Waals surface area contributed by atoms with Gasteiger partial charge in [0, 0.05) is 5.38 Å². The van der Waals surface area contributed by atoms with E-state index in [0.29, 0.717) is 28.4 Å². The molecule has 0 atom stereocenters. The van der Waals surface area contributed by atoms with Crippen LogP contribution in [-0.4, -0.2) is 39.4 Å². The Morgan fingerprint density at radius 2 is 2.00 bits per heavy atom. The largest absolute Gasteiger partial charge is 0.486 e. The van der Waals surface area contributed by atoms with Gasteiger partial charge in [0.15, 0.2) is 4.34 Å². The van der Waals surface area contributed by atoms with Crippen molar-refractivity contribution >= 4 is 51.4 Å². The minimum Gasteiger partial charge on any atom is -0.486 e. The molecule has 0 aliphatic heterocycles. The Morgan fingerprint density at radius 3 is 2.77 bits per heavy atom. The second-order valence-electron chi connectivity index (χ2n) is 6.03. The van der Waals surface area contributed by atoms with Crippen LogP contribution >= 0.6 is 34.4 Å². The topological polar surface area (TPSA) is 103 Å².